The van der Waals surface area contributed by atoms with E-state index in [-0.39, 0.29) is 6.04 Å². The number of ether oxygens (including phenoxy) is 1. The molecule has 0 spiro atoms. The van der Waals surface area contributed by atoms with Crippen molar-refractivity contribution >= 4 is 0 Å². The third kappa shape index (κ3) is 3.24. The van der Waals surface area contributed by atoms with Gasteiger partial charge >= 0.3 is 0 Å². The third-order valence-electron chi connectivity index (χ3n) is 3.71. The van der Waals surface area contributed by atoms with E-state index in [1.165, 1.54) is 5.56 Å². The molecular weight excluding hydrogens is 226 g/mol. The van der Waals surface area contributed by atoms with Gasteiger partial charge in [0.2, 0.25) is 0 Å². The minimum atomic E-state index is -0.459. The summed E-state index contributed by atoms with van der Waals surface area (Å²) in [6, 6.07) is 8.40. The van der Waals surface area contributed by atoms with Crippen molar-refractivity contribution in [2.24, 2.45) is 0 Å². The standard InChI is InChI=1S/C15H23NO2/c1-3-18-14-7-5-13(6-8-14)12(2)16-11-15(17)9-4-10-15/h5-8,12,16-17H,3-4,9-11H2,1-2H3. The molecule has 1 aromatic rings. The van der Waals surface area contributed by atoms with Gasteiger partial charge < -0.3 is 15.2 Å². The highest BCUT2D eigenvalue weighted by Crippen LogP contribution is 2.31. The molecular formula is C15H23NO2. The third-order valence-corrected chi connectivity index (χ3v) is 3.71. The van der Waals surface area contributed by atoms with Crippen LogP contribution in [-0.4, -0.2) is 23.9 Å². The molecule has 1 atom stereocenters. The summed E-state index contributed by atoms with van der Waals surface area (Å²) in [6.07, 6.45) is 3.00. The van der Waals surface area contributed by atoms with Gasteiger partial charge in [-0.2, -0.15) is 0 Å². The van der Waals surface area contributed by atoms with Gasteiger partial charge in [0.05, 0.1) is 12.2 Å². The molecule has 1 unspecified atom stereocenters. The second kappa shape index (κ2) is 5.72. The van der Waals surface area contributed by atoms with Crippen LogP contribution in [0.15, 0.2) is 24.3 Å². The Morgan fingerprint density at radius 3 is 2.50 bits per heavy atom. The van der Waals surface area contributed by atoms with E-state index in [1.807, 2.05) is 19.1 Å². The number of aliphatic hydroxyl groups is 1. The van der Waals surface area contributed by atoms with E-state index in [9.17, 15) is 5.11 Å². The Balaban J connectivity index is 1.85. The average Bonchev–Trinajstić information content (AvgIpc) is 2.35. The lowest BCUT2D eigenvalue weighted by Crippen LogP contribution is -2.46. The van der Waals surface area contributed by atoms with Gasteiger partial charge in [-0.1, -0.05) is 12.1 Å². The van der Waals surface area contributed by atoms with Crippen LogP contribution in [0, 0.1) is 0 Å². The fourth-order valence-electron chi connectivity index (χ4n) is 2.24. The maximum Gasteiger partial charge on any atom is 0.119 e. The van der Waals surface area contributed by atoms with Gasteiger partial charge in [0, 0.05) is 12.6 Å². The van der Waals surface area contributed by atoms with E-state index in [0.717, 1.165) is 25.0 Å². The van der Waals surface area contributed by atoms with Gasteiger partial charge in [-0.15, -0.1) is 0 Å². The summed E-state index contributed by atoms with van der Waals surface area (Å²) in [5.41, 5.74) is 0.765. The molecule has 0 aromatic heterocycles. The number of hydrogen-bond acceptors (Lipinski definition) is 3. The first kappa shape index (κ1) is 13.4. The summed E-state index contributed by atoms with van der Waals surface area (Å²) in [7, 11) is 0. The Hall–Kier alpha value is -1.06. The summed E-state index contributed by atoms with van der Waals surface area (Å²) in [6.45, 7) is 5.48. The van der Waals surface area contributed by atoms with E-state index in [1.54, 1.807) is 0 Å². The first-order chi connectivity index (χ1) is 8.63. The highest BCUT2D eigenvalue weighted by Gasteiger charge is 2.34. The summed E-state index contributed by atoms with van der Waals surface area (Å²) in [5.74, 6) is 0.908. The van der Waals surface area contributed by atoms with Crippen molar-refractivity contribution in [1.29, 1.82) is 0 Å². The zero-order valence-corrected chi connectivity index (χ0v) is 11.3. The molecule has 1 fully saturated rings. The molecule has 18 heavy (non-hydrogen) atoms. The molecule has 0 heterocycles. The number of rotatable bonds is 6. The average molecular weight is 249 g/mol. The Morgan fingerprint density at radius 1 is 1.33 bits per heavy atom. The Kier molecular flexibility index (Phi) is 4.25. The van der Waals surface area contributed by atoms with Crippen molar-refractivity contribution in [3.63, 3.8) is 0 Å². The van der Waals surface area contributed by atoms with E-state index in [0.29, 0.717) is 13.2 Å². The maximum absolute atomic E-state index is 10.0. The van der Waals surface area contributed by atoms with Crippen LogP contribution in [0.4, 0.5) is 0 Å². The molecule has 0 radical (unpaired) electrons. The van der Waals surface area contributed by atoms with Crippen molar-refractivity contribution < 1.29 is 9.84 Å². The van der Waals surface area contributed by atoms with Crippen LogP contribution >= 0.6 is 0 Å². The predicted octanol–water partition coefficient (Wildman–Crippen LogP) is 2.65. The van der Waals surface area contributed by atoms with Crippen LogP contribution in [-0.2, 0) is 0 Å². The molecule has 1 aliphatic carbocycles. The van der Waals surface area contributed by atoms with Crippen molar-refractivity contribution in [2.75, 3.05) is 13.2 Å². The molecule has 0 saturated heterocycles. The smallest absolute Gasteiger partial charge is 0.119 e. The number of hydrogen-bond donors (Lipinski definition) is 2. The Morgan fingerprint density at radius 2 is 2.00 bits per heavy atom. The maximum atomic E-state index is 10.0. The lowest BCUT2D eigenvalue weighted by Gasteiger charge is -2.37. The van der Waals surface area contributed by atoms with Crippen molar-refractivity contribution in [1.82, 2.24) is 5.32 Å². The molecule has 3 nitrogen and oxygen atoms in total. The molecule has 0 aliphatic heterocycles. The van der Waals surface area contributed by atoms with Gasteiger partial charge in [0.25, 0.3) is 0 Å². The lowest BCUT2D eigenvalue weighted by atomic mass is 9.80. The van der Waals surface area contributed by atoms with Gasteiger partial charge in [0.15, 0.2) is 0 Å². The van der Waals surface area contributed by atoms with Gasteiger partial charge in [-0.25, -0.2) is 0 Å². The molecule has 2 rings (SSSR count). The monoisotopic (exact) mass is 249 g/mol. The van der Waals surface area contributed by atoms with E-state index in [2.05, 4.69) is 24.4 Å². The minimum absolute atomic E-state index is 0.255. The van der Waals surface area contributed by atoms with Crippen molar-refractivity contribution in [2.45, 2.75) is 44.8 Å². The van der Waals surface area contributed by atoms with Gasteiger partial charge in [-0.05, 0) is 50.8 Å². The lowest BCUT2D eigenvalue weighted by molar-refractivity contribution is -0.0329. The molecule has 100 valence electrons. The second-order valence-electron chi connectivity index (χ2n) is 5.18. The molecule has 2 N–H and O–H groups in total. The molecule has 1 aromatic carbocycles. The highest BCUT2D eigenvalue weighted by molar-refractivity contribution is 5.28. The summed E-state index contributed by atoms with van der Waals surface area (Å²) < 4.78 is 5.42. The first-order valence-corrected chi connectivity index (χ1v) is 6.81. The van der Waals surface area contributed by atoms with Crippen LogP contribution in [0.3, 0.4) is 0 Å². The minimum Gasteiger partial charge on any atom is -0.494 e. The van der Waals surface area contributed by atoms with Crippen LogP contribution in [0.2, 0.25) is 0 Å². The summed E-state index contributed by atoms with van der Waals surface area (Å²) in [4.78, 5) is 0. The van der Waals surface area contributed by atoms with Crippen LogP contribution < -0.4 is 10.1 Å². The zero-order valence-electron chi connectivity index (χ0n) is 11.3. The van der Waals surface area contributed by atoms with Gasteiger partial charge in [-0.3, -0.25) is 0 Å². The zero-order chi connectivity index (χ0) is 13.0. The number of nitrogens with one attached hydrogen (secondary N) is 1. The molecule has 3 heteroatoms. The highest BCUT2D eigenvalue weighted by atomic mass is 16.5. The number of benzene rings is 1. The van der Waals surface area contributed by atoms with E-state index < -0.39 is 5.60 Å². The SMILES string of the molecule is CCOc1ccc(C(C)NCC2(O)CCC2)cc1. The van der Waals surface area contributed by atoms with E-state index >= 15 is 0 Å². The second-order valence-corrected chi connectivity index (χ2v) is 5.18. The molecule has 0 bridgehead atoms. The summed E-state index contributed by atoms with van der Waals surface area (Å²) in [5, 5.41) is 13.4. The normalized spacial score (nSPS) is 19.1. The Labute approximate surface area is 109 Å². The molecule has 1 saturated carbocycles. The van der Waals surface area contributed by atoms with Crippen LogP contribution in [0.25, 0.3) is 0 Å². The first-order valence-electron chi connectivity index (χ1n) is 6.81. The van der Waals surface area contributed by atoms with Crippen molar-refractivity contribution in [3.8, 4) is 5.75 Å². The Bertz CT molecular complexity index is 371. The van der Waals surface area contributed by atoms with Crippen LogP contribution in [0.5, 0.6) is 5.75 Å². The van der Waals surface area contributed by atoms with Gasteiger partial charge in [0.1, 0.15) is 5.75 Å². The largest absolute Gasteiger partial charge is 0.494 e. The topological polar surface area (TPSA) is 41.5 Å². The van der Waals surface area contributed by atoms with E-state index in [4.69, 9.17) is 4.74 Å². The van der Waals surface area contributed by atoms with Crippen molar-refractivity contribution in [3.05, 3.63) is 29.8 Å². The molecule has 1 aliphatic rings. The fourth-order valence-corrected chi connectivity index (χ4v) is 2.24. The summed E-state index contributed by atoms with van der Waals surface area (Å²) >= 11 is 0. The fraction of sp³-hybridized carbons (Fsp3) is 0.600. The molecule has 0 amide bonds. The predicted molar refractivity (Wildman–Crippen MR) is 72.8 cm³/mol. The quantitative estimate of drug-likeness (QED) is 0.814. The van der Waals surface area contributed by atoms with Crippen LogP contribution in [0.1, 0.15) is 44.7 Å².